The van der Waals surface area contributed by atoms with Gasteiger partial charge in [-0.3, -0.25) is 0 Å². The lowest BCUT2D eigenvalue weighted by atomic mass is 10.8. The number of nitrogens with zero attached hydrogens (tertiary/aromatic N) is 1. The maximum absolute atomic E-state index is 4.74. The van der Waals surface area contributed by atoms with E-state index in [1.807, 2.05) is 0 Å². The quantitative estimate of drug-likeness (QED) is 0.253. The van der Waals surface area contributed by atoms with Crippen molar-refractivity contribution in [2.45, 2.75) is 0 Å². The number of rotatable bonds is 1. The average Bonchev–Trinajstić information content (AvgIpc) is 1.61. The second kappa shape index (κ2) is 4.03. The SMILES string of the molecule is C#C/C=N/OC. The van der Waals surface area contributed by atoms with Gasteiger partial charge in [0.1, 0.15) is 13.3 Å². The Morgan fingerprint density at radius 3 is 2.83 bits per heavy atom. The van der Waals surface area contributed by atoms with Crippen LogP contribution in [0.25, 0.3) is 0 Å². The van der Waals surface area contributed by atoms with E-state index < -0.39 is 0 Å². The van der Waals surface area contributed by atoms with Crippen LogP contribution in [0.1, 0.15) is 0 Å². The maximum Gasteiger partial charge on any atom is 0.116 e. The summed E-state index contributed by atoms with van der Waals surface area (Å²) in [7, 11) is 1.44. The van der Waals surface area contributed by atoms with Crippen molar-refractivity contribution in [2.24, 2.45) is 5.16 Å². The predicted molar refractivity (Wildman–Crippen MR) is 24.3 cm³/mol. The summed E-state index contributed by atoms with van der Waals surface area (Å²) in [5.41, 5.74) is 0. The highest BCUT2D eigenvalue weighted by Gasteiger charge is 1.51. The summed E-state index contributed by atoms with van der Waals surface area (Å²) in [4.78, 5) is 4.21. The molecule has 0 rings (SSSR count). The van der Waals surface area contributed by atoms with Crippen molar-refractivity contribution in [2.75, 3.05) is 7.11 Å². The van der Waals surface area contributed by atoms with Gasteiger partial charge in [-0.15, -0.1) is 6.42 Å². The summed E-state index contributed by atoms with van der Waals surface area (Å²) in [6.07, 6.45) is 5.97. The number of terminal acetylenes is 1. The smallest absolute Gasteiger partial charge is 0.116 e. The minimum atomic E-state index is 1.24. The summed E-state index contributed by atoms with van der Waals surface area (Å²) in [5.74, 6) is 2.15. The van der Waals surface area contributed by atoms with Gasteiger partial charge in [-0.05, 0) is 0 Å². The molecule has 0 atom stereocenters. The first-order chi connectivity index (χ1) is 2.91. The fourth-order valence-electron chi connectivity index (χ4n) is 0.0831. The standard InChI is InChI=1S/C4H5NO/c1-3-4-5-6-2/h1,4H,2H3/b5-4+. The van der Waals surface area contributed by atoms with Crippen LogP contribution in [0.3, 0.4) is 0 Å². The van der Waals surface area contributed by atoms with E-state index in [0.29, 0.717) is 0 Å². The lowest BCUT2D eigenvalue weighted by molar-refractivity contribution is 0.216. The molecule has 6 heavy (non-hydrogen) atoms. The van der Waals surface area contributed by atoms with Crippen LogP contribution in [-0.2, 0) is 4.84 Å². The van der Waals surface area contributed by atoms with Crippen LogP contribution in [0.4, 0.5) is 0 Å². The van der Waals surface area contributed by atoms with Crippen molar-refractivity contribution < 1.29 is 4.84 Å². The van der Waals surface area contributed by atoms with E-state index in [1.54, 1.807) is 0 Å². The Morgan fingerprint density at radius 2 is 2.67 bits per heavy atom. The molecule has 0 aliphatic heterocycles. The topological polar surface area (TPSA) is 21.6 Å². The largest absolute Gasteiger partial charge is 0.399 e. The van der Waals surface area contributed by atoms with Gasteiger partial charge >= 0.3 is 0 Å². The zero-order valence-corrected chi connectivity index (χ0v) is 3.51. The highest BCUT2D eigenvalue weighted by molar-refractivity contribution is 5.76. The van der Waals surface area contributed by atoms with Gasteiger partial charge < -0.3 is 4.84 Å². The first-order valence-electron chi connectivity index (χ1n) is 1.43. The van der Waals surface area contributed by atoms with Gasteiger partial charge in [0, 0.05) is 0 Å². The molecule has 0 aromatic rings. The van der Waals surface area contributed by atoms with Gasteiger partial charge in [0.2, 0.25) is 0 Å². The van der Waals surface area contributed by atoms with E-state index in [0.717, 1.165) is 0 Å². The van der Waals surface area contributed by atoms with Crippen LogP contribution in [0.15, 0.2) is 5.16 Å². The van der Waals surface area contributed by atoms with Crippen LogP contribution < -0.4 is 0 Å². The molecule has 0 saturated heterocycles. The third-order valence-corrected chi connectivity index (χ3v) is 0.233. The summed E-state index contributed by atoms with van der Waals surface area (Å²) < 4.78 is 0. The first-order valence-corrected chi connectivity index (χ1v) is 1.43. The third kappa shape index (κ3) is 3.03. The molecule has 0 bridgehead atoms. The van der Waals surface area contributed by atoms with Crippen molar-refractivity contribution in [3.05, 3.63) is 0 Å². The van der Waals surface area contributed by atoms with Crippen LogP contribution in [-0.4, -0.2) is 13.3 Å². The van der Waals surface area contributed by atoms with E-state index in [1.165, 1.54) is 13.3 Å². The molecule has 0 fully saturated rings. The maximum atomic E-state index is 4.74. The Balaban J connectivity index is 3.02. The lowest BCUT2D eigenvalue weighted by Crippen LogP contribution is -1.65. The summed E-state index contributed by atoms with van der Waals surface area (Å²) in [6, 6.07) is 0. The van der Waals surface area contributed by atoms with Crippen molar-refractivity contribution in [3.63, 3.8) is 0 Å². The minimum Gasteiger partial charge on any atom is -0.399 e. The first kappa shape index (κ1) is 5.03. The van der Waals surface area contributed by atoms with Gasteiger partial charge in [0.05, 0.1) is 0 Å². The predicted octanol–water partition coefficient (Wildman–Crippen LogP) is 0.252. The summed E-state index contributed by atoms with van der Waals surface area (Å²) >= 11 is 0. The molecule has 0 radical (unpaired) electrons. The van der Waals surface area contributed by atoms with Gasteiger partial charge in [-0.2, -0.15) is 0 Å². The van der Waals surface area contributed by atoms with E-state index in [-0.39, 0.29) is 0 Å². The molecule has 0 N–H and O–H groups in total. The zero-order valence-electron chi connectivity index (χ0n) is 3.51. The monoisotopic (exact) mass is 83.0 g/mol. The Labute approximate surface area is 36.8 Å². The molecule has 0 aliphatic carbocycles. The second-order valence-corrected chi connectivity index (χ2v) is 0.584. The van der Waals surface area contributed by atoms with Crippen molar-refractivity contribution in [1.82, 2.24) is 0 Å². The average molecular weight is 83.1 g/mol. The van der Waals surface area contributed by atoms with Gasteiger partial charge in [-0.1, -0.05) is 11.1 Å². The number of oxime groups is 1. The molecule has 2 heteroatoms. The Bertz CT molecular complexity index is 80.0. The number of hydrogen-bond acceptors (Lipinski definition) is 2. The van der Waals surface area contributed by atoms with E-state index in [2.05, 4.69) is 15.9 Å². The molecule has 0 unspecified atom stereocenters. The molecule has 0 spiro atoms. The molecule has 0 heterocycles. The molecule has 2 nitrogen and oxygen atoms in total. The van der Waals surface area contributed by atoms with Crippen LogP contribution in [0.2, 0.25) is 0 Å². The van der Waals surface area contributed by atoms with Crippen LogP contribution >= 0.6 is 0 Å². The molecule has 0 amide bonds. The van der Waals surface area contributed by atoms with Gasteiger partial charge in [0.25, 0.3) is 0 Å². The van der Waals surface area contributed by atoms with Crippen molar-refractivity contribution >= 4 is 6.21 Å². The summed E-state index contributed by atoms with van der Waals surface area (Å²) in [5, 5.41) is 3.23. The van der Waals surface area contributed by atoms with Crippen LogP contribution in [0, 0.1) is 12.3 Å². The minimum absolute atomic E-state index is 1.24. The normalized spacial score (nSPS) is 8.00. The van der Waals surface area contributed by atoms with Gasteiger partial charge in [0.15, 0.2) is 0 Å². The summed E-state index contributed by atoms with van der Waals surface area (Å²) in [6.45, 7) is 0. The highest BCUT2D eigenvalue weighted by Crippen LogP contribution is 1.57. The highest BCUT2D eigenvalue weighted by atomic mass is 16.6. The van der Waals surface area contributed by atoms with Gasteiger partial charge in [-0.25, -0.2) is 0 Å². The van der Waals surface area contributed by atoms with Crippen molar-refractivity contribution in [1.29, 1.82) is 0 Å². The molecule has 0 aromatic heterocycles. The Hall–Kier alpha value is -0.970. The molecule has 0 aromatic carbocycles. The fraction of sp³-hybridized carbons (Fsp3) is 0.250. The molecule has 32 valence electrons. The third-order valence-electron chi connectivity index (χ3n) is 0.233. The Morgan fingerprint density at radius 1 is 2.00 bits per heavy atom. The molecule has 0 saturated carbocycles. The van der Waals surface area contributed by atoms with E-state index in [4.69, 9.17) is 6.42 Å². The fourth-order valence-corrected chi connectivity index (χ4v) is 0.0831. The Kier molecular flexibility index (Phi) is 3.38. The number of hydrogen-bond donors (Lipinski definition) is 0. The van der Waals surface area contributed by atoms with E-state index >= 15 is 0 Å². The lowest BCUT2D eigenvalue weighted by Gasteiger charge is -1.75. The molecular weight excluding hydrogens is 78.0 g/mol. The molecule has 0 aliphatic rings. The zero-order chi connectivity index (χ0) is 4.83. The second-order valence-electron chi connectivity index (χ2n) is 0.584. The van der Waals surface area contributed by atoms with Crippen molar-refractivity contribution in [3.8, 4) is 12.3 Å². The van der Waals surface area contributed by atoms with Crippen LogP contribution in [0.5, 0.6) is 0 Å². The molecular formula is C4H5NO. The van der Waals surface area contributed by atoms with E-state index in [9.17, 15) is 0 Å².